The molecular weight excluding hydrogens is 392 g/mol. The molecule has 4 aromatic rings. The Labute approximate surface area is 179 Å². The van der Waals surface area contributed by atoms with Gasteiger partial charge in [-0.3, -0.25) is 14.5 Å². The van der Waals surface area contributed by atoms with Gasteiger partial charge in [0.15, 0.2) is 0 Å². The molecule has 1 aliphatic rings. The Hall–Kier alpha value is -3.65. The highest BCUT2D eigenvalue weighted by Gasteiger charge is 2.18. The molecule has 158 valence electrons. The molecule has 1 fully saturated rings. The van der Waals surface area contributed by atoms with E-state index < -0.39 is 0 Å². The van der Waals surface area contributed by atoms with E-state index in [9.17, 15) is 9.59 Å². The van der Waals surface area contributed by atoms with Gasteiger partial charge in [-0.05, 0) is 24.3 Å². The summed E-state index contributed by atoms with van der Waals surface area (Å²) in [5, 5.41) is 7.82. The summed E-state index contributed by atoms with van der Waals surface area (Å²) < 4.78 is 1.61. The lowest BCUT2D eigenvalue weighted by atomic mass is 10.2. The lowest BCUT2D eigenvalue weighted by molar-refractivity contribution is 0.0949. The molecule has 31 heavy (non-hydrogen) atoms. The van der Waals surface area contributed by atoms with E-state index in [0.29, 0.717) is 28.7 Å². The van der Waals surface area contributed by atoms with Crippen LogP contribution >= 0.6 is 0 Å². The molecule has 1 aliphatic heterocycles. The third-order valence-corrected chi connectivity index (χ3v) is 5.83. The molecule has 3 heterocycles. The Balaban J connectivity index is 1.20. The van der Waals surface area contributed by atoms with Gasteiger partial charge in [-0.2, -0.15) is 5.10 Å². The maximum atomic E-state index is 12.7. The number of aromatic amines is 1. The van der Waals surface area contributed by atoms with Crippen molar-refractivity contribution in [3.63, 3.8) is 0 Å². The number of piperazine rings is 1. The van der Waals surface area contributed by atoms with Crippen LogP contribution in [0, 0.1) is 0 Å². The molecule has 1 amide bonds. The number of rotatable bonds is 5. The van der Waals surface area contributed by atoms with E-state index in [2.05, 4.69) is 49.5 Å². The summed E-state index contributed by atoms with van der Waals surface area (Å²) in [6.45, 7) is 5.19. The van der Waals surface area contributed by atoms with E-state index in [1.165, 1.54) is 11.9 Å². The van der Waals surface area contributed by atoms with Crippen molar-refractivity contribution in [3.05, 3.63) is 76.7 Å². The van der Waals surface area contributed by atoms with Gasteiger partial charge >= 0.3 is 0 Å². The number of nitrogens with one attached hydrogen (secondary N) is 2. The molecule has 8 nitrogen and oxygen atoms in total. The Morgan fingerprint density at radius 1 is 1.00 bits per heavy atom. The monoisotopic (exact) mass is 416 g/mol. The molecule has 0 radical (unpaired) electrons. The number of hydrogen-bond acceptors (Lipinski definition) is 5. The third kappa shape index (κ3) is 3.77. The fourth-order valence-corrected chi connectivity index (χ4v) is 4.13. The lowest BCUT2D eigenvalue weighted by Gasteiger charge is -2.36. The zero-order chi connectivity index (χ0) is 21.2. The summed E-state index contributed by atoms with van der Waals surface area (Å²) in [4.78, 5) is 32.6. The van der Waals surface area contributed by atoms with Crippen LogP contribution in [0.2, 0.25) is 0 Å². The first kappa shape index (κ1) is 19.3. The smallest absolute Gasteiger partial charge is 0.259 e. The van der Waals surface area contributed by atoms with E-state index in [1.807, 2.05) is 18.2 Å². The van der Waals surface area contributed by atoms with Crippen LogP contribution < -0.4 is 15.8 Å². The molecule has 0 atom stereocenters. The molecule has 1 saturated heterocycles. The Morgan fingerprint density at radius 2 is 1.74 bits per heavy atom. The summed E-state index contributed by atoms with van der Waals surface area (Å²) in [5.41, 5.74) is 2.49. The van der Waals surface area contributed by atoms with E-state index in [4.69, 9.17) is 0 Å². The summed E-state index contributed by atoms with van der Waals surface area (Å²) in [5.74, 6) is -0.233. The van der Waals surface area contributed by atoms with Gasteiger partial charge < -0.3 is 15.2 Å². The molecule has 0 saturated carbocycles. The van der Waals surface area contributed by atoms with Gasteiger partial charge in [-0.1, -0.05) is 30.3 Å². The molecule has 8 heteroatoms. The van der Waals surface area contributed by atoms with Gasteiger partial charge in [0.1, 0.15) is 11.2 Å². The number of fused-ring (bicyclic) bond motifs is 3. The van der Waals surface area contributed by atoms with Crippen molar-refractivity contribution in [1.82, 2.24) is 24.8 Å². The van der Waals surface area contributed by atoms with Crippen LogP contribution in [0.15, 0.2) is 65.6 Å². The van der Waals surface area contributed by atoms with Crippen LogP contribution in [0.1, 0.15) is 10.4 Å². The first-order valence-corrected chi connectivity index (χ1v) is 10.5. The number of H-pyrrole nitrogens is 1. The number of anilines is 1. The fourth-order valence-electron chi connectivity index (χ4n) is 4.13. The second-order valence-electron chi connectivity index (χ2n) is 7.71. The average Bonchev–Trinajstić information content (AvgIpc) is 3.24. The van der Waals surface area contributed by atoms with Crippen molar-refractivity contribution < 1.29 is 4.79 Å². The number of para-hydroxylation sites is 2. The minimum Gasteiger partial charge on any atom is -0.369 e. The third-order valence-electron chi connectivity index (χ3n) is 5.83. The summed E-state index contributed by atoms with van der Waals surface area (Å²) >= 11 is 0. The highest BCUT2D eigenvalue weighted by Crippen LogP contribution is 2.16. The van der Waals surface area contributed by atoms with E-state index in [-0.39, 0.29) is 11.5 Å². The minimum atomic E-state index is -0.233. The minimum absolute atomic E-state index is 0.228. The Morgan fingerprint density at radius 3 is 2.55 bits per heavy atom. The second-order valence-corrected chi connectivity index (χ2v) is 7.71. The highest BCUT2D eigenvalue weighted by atomic mass is 16.2. The lowest BCUT2D eigenvalue weighted by Crippen LogP contribution is -2.48. The molecule has 2 N–H and O–H groups in total. The van der Waals surface area contributed by atoms with Gasteiger partial charge in [-0.15, -0.1) is 0 Å². The van der Waals surface area contributed by atoms with Crippen LogP contribution in [-0.4, -0.2) is 64.7 Å². The average molecular weight is 416 g/mol. The first-order valence-electron chi connectivity index (χ1n) is 10.5. The van der Waals surface area contributed by atoms with Gasteiger partial charge in [0, 0.05) is 45.0 Å². The largest absolute Gasteiger partial charge is 0.369 e. The number of benzene rings is 2. The molecule has 0 spiro atoms. The van der Waals surface area contributed by atoms with Crippen molar-refractivity contribution in [1.29, 1.82) is 0 Å². The Kier molecular flexibility index (Phi) is 5.13. The number of nitrogens with zero attached hydrogens (tertiary/aromatic N) is 4. The van der Waals surface area contributed by atoms with Crippen LogP contribution in [0.5, 0.6) is 0 Å². The van der Waals surface area contributed by atoms with Gasteiger partial charge in [-0.25, -0.2) is 4.52 Å². The molecule has 2 aromatic carbocycles. The second kappa shape index (κ2) is 8.23. The summed E-state index contributed by atoms with van der Waals surface area (Å²) in [7, 11) is 0. The zero-order valence-corrected chi connectivity index (χ0v) is 17.1. The van der Waals surface area contributed by atoms with Gasteiger partial charge in [0.05, 0.1) is 17.1 Å². The van der Waals surface area contributed by atoms with Gasteiger partial charge in [0.25, 0.3) is 11.5 Å². The highest BCUT2D eigenvalue weighted by molar-refractivity contribution is 6.00. The molecule has 0 unspecified atom stereocenters. The number of carbonyl (C=O) groups is 1. The maximum Gasteiger partial charge on any atom is 0.259 e. The van der Waals surface area contributed by atoms with E-state index in [0.717, 1.165) is 32.7 Å². The number of aromatic nitrogens is 3. The standard InChI is InChI=1S/C23H24N6O2/c30-22(19-16-25-29-20-9-5-4-8-18(20)23(31)26-21(19)29)24-10-11-27-12-14-28(15-13-27)17-6-2-1-3-7-17/h1-9,16H,10-15H2,(H,24,30)(H,26,31). The van der Waals surface area contributed by atoms with E-state index >= 15 is 0 Å². The van der Waals surface area contributed by atoms with Gasteiger partial charge in [0.2, 0.25) is 0 Å². The van der Waals surface area contributed by atoms with Crippen molar-refractivity contribution in [2.45, 2.75) is 0 Å². The van der Waals surface area contributed by atoms with Crippen molar-refractivity contribution in [3.8, 4) is 0 Å². The zero-order valence-electron chi connectivity index (χ0n) is 17.1. The maximum absolute atomic E-state index is 12.7. The number of amides is 1. The molecule has 0 bridgehead atoms. The van der Waals surface area contributed by atoms with Crippen molar-refractivity contribution >= 4 is 28.1 Å². The number of hydrogen-bond donors (Lipinski definition) is 2. The SMILES string of the molecule is O=C(NCCN1CCN(c2ccccc2)CC1)c1cnn2c1[nH]c(=O)c1ccccc12. The molecule has 5 rings (SSSR count). The summed E-state index contributed by atoms with van der Waals surface area (Å²) in [6.07, 6.45) is 1.51. The normalized spacial score (nSPS) is 14.9. The van der Waals surface area contributed by atoms with Crippen molar-refractivity contribution in [2.75, 3.05) is 44.2 Å². The first-order chi connectivity index (χ1) is 15.2. The van der Waals surface area contributed by atoms with E-state index in [1.54, 1.807) is 16.6 Å². The predicted octanol–water partition coefficient (Wildman–Crippen LogP) is 1.73. The Bertz CT molecular complexity index is 1270. The molecule has 2 aromatic heterocycles. The fraction of sp³-hybridized carbons (Fsp3) is 0.261. The van der Waals surface area contributed by atoms with Crippen LogP contribution in [0.4, 0.5) is 5.69 Å². The molecule has 0 aliphatic carbocycles. The molecular formula is C23H24N6O2. The topological polar surface area (TPSA) is 85.7 Å². The summed E-state index contributed by atoms with van der Waals surface area (Å²) in [6, 6.07) is 17.7. The number of carbonyl (C=O) groups excluding carboxylic acids is 1. The van der Waals surface area contributed by atoms with Crippen LogP contribution in [0.25, 0.3) is 16.6 Å². The van der Waals surface area contributed by atoms with Crippen LogP contribution in [-0.2, 0) is 0 Å². The van der Waals surface area contributed by atoms with Crippen LogP contribution in [0.3, 0.4) is 0 Å². The predicted molar refractivity (Wildman–Crippen MR) is 121 cm³/mol. The van der Waals surface area contributed by atoms with Crippen molar-refractivity contribution in [2.24, 2.45) is 0 Å². The quantitative estimate of drug-likeness (QED) is 0.518.